The van der Waals surface area contributed by atoms with Gasteiger partial charge in [0.05, 0.1) is 12.8 Å². The first-order chi connectivity index (χ1) is 8.63. The van der Waals surface area contributed by atoms with Gasteiger partial charge in [0.15, 0.2) is 5.82 Å². The fourth-order valence-electron chi connectivity index (χ4n) is 1.66. The van der Waals surface area contributed by atoms with E-state index >= 15 is 0 Å². The van der Waals surface area contributed by atoms with E-state index in [1.165, 1.54) is 0 Å². The Kier molecular flexibility index (Phi) is 3.18. The fraction of sp³-hybridized carbons (Fsp3) is 0.167. The number of rotatable bonds is 4. The van der Waals surface area contributed by atoms with Gasteiger partial charge in [0.1, 0.15) is 11.3 Å². The number of aryl methyl sites for hydroxylation is 1. The Morgan fingerprint density at radius 1 is 1.44 bits per heavy atom. The van der Waals surface area contributed by atoms with Gasteiger partial charge in [-0.3, -0.25) is 5.10 Å². The van der Waals surface area contributed by atoms with Crippen LogP contribution < -0.4 is 10.1 Å². The van der Waals surface area contributed by atoms with Gasteiger partial charge in [0.25, 0.3) is 0 Å². The van der Waals surface area contributed by atoms with E-state index < -0.39 is 5.97 Å². The molecule has 0 aliphatic heterocycles. The maximum Gasteiger partial charge on any atom is 0.341 e. The summed E-state index contributed by atoms with van der Waals surface area (Å²) in [6.07, 6.45) is 0. The minimum Gasteiger partial charge on any atom is -0.495 e. The molecule has 3 N–H and O–H groups in total. The minimum atomic E-state index is -1.03. The minimum absolute atomic E-state index is 0.126. The Labute approximate surface area is 104 Å². The van der Waals surface area contributed by atoms with Crippen LogP contribution >= 0.6 is 0 Å². The highest BCUT2D eigenvalue weighted by Crippen LogP contribution is 2.28. The summed E-state index contributed by atoms with van der Waals surface area (Å²) in [6.45, 7) is 1.66. The molecule has 0 aliphatic carbocycles. The van der Waals surface area contributed by atoms with E-state index in [9.17, 15) is 4.79 Å². The molecule has 1 aromatic carbocycles. The van der Waals surface area contributed by atoms with Crippen molar-refractivity contribution in [1.29, 1.82) is 0 Å². The van der Waals surface area contributed by atoms with Crippen LogP contribution in [-0.4, -0.2) is 28.4 Å². The van der Waals surface area contributed by atoms with Crippen molar-refractivity contribution in [2.45, 2.75) is 6.92 Å². The number of anilines is 2. The van der Waals surface area contributed by atoms with Crippen molar-refractivity contribution in [3.05, 3.63) is 35.5 Å². The van der Waals surface area contributed by atoms with E-state index in [1.54, 1.807) is 26.2 Å². The molecular formula is C12H13N3O3. The van der Waals surface area contributed by atoms with E-state index in [2.05, 4.69) is 15.5 Å². The Balaban J connectivity index is 2.37. The van der Waals surface area contributed by atoms with E-state index in [0.29, 0.717) is 17.1 Å². The molecule has 1 heterocycles. The predicted octanol–water partition coefficient (Wildman–Crippen LogP) is 2.17. The second kappa shape index (κ2) is 4.79. The first-order valence-corrected chi connectivity index (χ1v) is 5.31. The van der Waals surface area contributed by atoms with Gasteiger partial charge in [-0.1, -0.05) is 12.1 Å². The number of carboxylic acid groups (broad SMARTS) is 1. The molecule has 0 unspecified atom stereocenters. The Bertz CT molecular complexity index is 578. The number of para-hydroxylation sites is 2. The summed E-state index contributed by atoms with van der Waals surface area (Å²) in [5.41, 5.74) is 1.29. The molecule has 94 valence electrons. The normalized spacial score (nSPS) is 10.1. The zero-order valence-electron chi connectivity index (χ0n) is 10.0. The van der Waals surface area contributed by atoms with Crippen molar-refractivity contribution in [3.8, 4) is 5.75 Å². The molecule has 6 heteroatoms. The summed E-state index contributed by atoms with van der Waals surface area (Å²) >= 11 is 0. The zero-order chi connectivity index (χ0) is 13.1. The molecule has 1 aromatic heterocycles. The molecule has 0 saturated carbocycles. The molecule has 0 radical (unpaired) electrons. The third kappa shape index (κ3) is 2.13. The standard InChI is InChI=1S/C12H13N3O3/c1-7-10(12(16)17)11(15-14-7)13-8-5-3-4-6-9(8)18-2/h3-6H,1-2H3,(H,16,17)(H2,13,14,15). The van der Waals surface area contributed by atoms with E-state index in [0.717, 1.165) is 0 Å². The quantitative estimate of drug-likeness (QED) is 0.770. The largest absolute Gasteiger partial charge is 0.495 e. The van der Waals surface area contributed by atoms with Crippen molar-refractivity contribution in [2.24, 2.45) is 0 Å². The van der Waals surface area contributed by atoms with Crippen LogP contribution in [0.1, 0.15) is 16.1 Å². The molecule has 0 fully saturated rings. The molecule has 2 aromatic rings. The Morgan fingerprint density at radius 2 is 2.17 bits per heavy atom. The number of carbonyl (C=O) groups is 1. The molecule has 18 heavy (non-hydrogen) atoms. The number of hydrogen-bond donors (Lipinski definition) is 3. The van der Waals surface area contributed by atoms with Crippen LogP contribution in [0.15, 0.2) is 24.3 Å². The lowest BCUT2D eigenvalue weighted by Crippen LogP contribution is -2.03. The van der Waals surface area contributed by atoms with Crippen molar-refractivity contribution in [2.75, 3.05) is 12.4 Å². The van der Waals surface area contributed by atoms with Gasteiger partial charge < -0.3 is 15.2 Å². The smallest absolute Gasteiger partial charge is 0.341 e. The summed E-state index contributed by atoms with van der Waals surface area (Å²) in [7, 11) is 1.55. The number of nitrogens with zero attached hydrogens (tertiary/aromatic N) is 1. The number of carboxylic acids is 1. The van der Waals surface area contributed by atoms with Crippen molar-refractivity contribution in [3.63, 3.8) is 0 Å². The number of benzene rings is 1. The highest BCUT2D eigenvalue weighted by Gasteiger charge is 2.18. The van der Waals surface area contributed by atoms with E-state index in [-0.39, 0.29) is 11.4 Å². The monoisotopic (exact) mass is 247 g/mol. The van der Waals surface area contributed by atoms with Crippen LogP contribution in [0, 0.1) is 6.92 Å². The van der Waals surface area contributed by atoms with Crippen molar-refractivity contribution in [1.82, 2.24) is 10.2 Å². The molecule has 0 aliphatic rings. The van der Waals surface area contributed by atoms with Gasteiger partial charge in [-0.25, -0.2) is 4.79 Å². The highest BCUT2D eigenvalue weighted by molar-refractivity contribution is 5.95. The number of methoxy groups -OCH3 is 1. The molecule has 0 atom stereocenters. The maximum atomic E-state index is 11.1. The number of hydrogen-bond acceptors (Lipinski definition) is 4. The number of H-pyrrole nitrogens is 1. The van der Waals surface area contributed by atoms with E-state index in [1.807, 2.05) is 12.1 Å². The number of aromatic nitrogens is 2. The van der Waals surface area contributed by atoms with Gasteiger partial charge >= 0.3 is 5.97 Å². The zero-order valence-corrected chi connectivity index (χ0v) is 10.0. The first kappa shape index (κ1) is 12.0. The molecule has 0 bridgehead atoms. The number of ether oxygens (including phenoxy) is 1. The molecular weight excluding hydrogens is 234 g/mol. The second-order valence-corrected chi connectivity index (χ2v) is 3.70. The lowest BCUT2D eigenvalue weighted by Gasteiger charge is -2.09. The molecule has 0 amide bonds. The van der Waals surface area contributed by atoms with Crippen LogP contribution in [-0.2, 0) is 0 Å². The Morgan fingerprint density at radius 3 is 2.83 bits per heavy atom. The van der Waals surface area contributed by atoms with Crippen LogP contribution in [0.5, 0.6) is 5.75 Å². The second-order valence-electron chi connectivity index (χ2n) is 3.70. The van der Waals surface area contributed by atoms with Crippen LogP contribution in [0.25, 0.3) is 0 Å². The summed E-state index contributed by atoms with van der Waals surface area (Å²) in [6, 6.07) is 7.22. The summed E-state index contributed by atoms with van der Waals surface area (Å²) in [5.74, 6) is -0.141. The topological polar surface area (TPSA) is 87.2 Å². The lowest BCUT2D eigenvalue weighted by molar-refractivity contribution is 0.0697. The molecule has 0 saturated heterocycles. The average Bonchev–Trinajstić information content (AvgIpc) is 2.71. The SMILES string of the molecule is COc1ccccc1Nc1n[nH]c(C)c1C(=O)O. The highest BCUT2D eigenvalue weighted by atomic mass is 16.5. The number of aromatic amines is 1. The fourth-order valence-corrected chi connectivity index (χ4v) is 1.66. The van der Waals surface area contributed by atoms with E-state index in [4.69, 9.17) is 9.84 Å². The average molecular weight is 247 g/mol. The van der Waals surface area contributed by atoms with Crippen LogP contribution in [0.2, 0.25) is 0 Å². The summed E-state index contributed by atoms with van der Waals surface area (Å²) < 4.78 is 5.18. The summed E-state index contributed by atoms with van der Waals surface area (Å²) in [5, 5.41) is 18.6. The van der Waals surface area contributed by atoms with Gasteiger partial charge in [-0.2, -0.15) is 5.10 Å². The van der Waals surface area contributed by atoms with Crippen LogP contribution in [0.4, 0.5) is 11.5 Å². The van der Waals surface area contributed by atoms with Gasteiger partial charge in [0, 0.05) is 5.69 Å². The third-order valence-corrected chi connectivity index (χ3v) is 2.52. The predicted molar refractivity (Wildman–Crippen MR) is 66.6 cm³/mol. The van der Waals surface area contributed by atoms with Crippen LogP contribution in [0.3, 0.4) is 0 Å². The van der Waals surface area contributed by atoms with Gasteiger partial charge in [0.2, 0.25) is 0 Å². The number of nitrogens with one attached hydrogen (secondary N) is 2. The van der Waals surface area contributed by atoms with Crippen molar-refractivity contribution < 1.29 is 14.6 Å². The maximum absolute atomic E-state index is 11.1. The lowest BCUT2D eigenvalue weighted by atomic mass is 10.2. The molecule has 2 rings (SSSR count). The first-order valence-electron chi connectivity index (χ1n) is 5.31. The summed E-state index contributed by atoms with van der Waals surface area (Å²) in [4.78, 5) is 11.1. The molecule has 6 nitrogen and oxygen atoms in total. The Hall–Kier alpha value is -2.50. The number of aromatic carboxylic acids is 1. The molecule has 0 spiro atoms. The van der Waals surface area contributed by atoms with Gasteiger partial charge in [-0.15, -0.1) is 0 Å². The van der Waals surface area contributed by atoms with Crippen molar-refractivity contribution >= 4 is 17.5 Å². The van der Waals surface area contributed by atoms with Gasteiger partial charge in [-0.05, 0) is 19.1 Å². The third-order valence-electron chi connectivity index (χ3n) is 2.52.